The summed E-state index contributed by atoms with van der Waals surface area (Å²) in [6.07, 6.45) is 4.27. The van der Waals surface area contributed by atoms with Gasteiger partial charge in [-0.2, -0.15) is 0 Å². The van der Waals surface area contributed by atoms with Gasteiger partial charge < -0.3 is 25.0 Å². The third kappa shape index (κ3) is 7.55. The van der Waals surface area contributed by atoms with Crippen LogP contribution < -0.4 is 5.32 Å². The molecule has 0 aromatic carbocycles. The Morgan fingerprint density at radius 3 is 2.65 bits per heavy atom. The Balaban J connectivity index is 2.05. The SMILES string of the molecule is CC(C)OCCOCC(O)CNC1CCCCC1CO. The highest BCUT2D eigenvalue weighted by molar-refractivity contribution is 4.81. The van der Waals surface area contributed by atoms with Crippen molar-refractivity contribution in [1.29, 1.82) is 0 Å². The van der Waals surface area contributed by atoms with Crippen LogP contribution in [0, 0.1) is 5.92 Å². The lowest BCUT2D eigenvalue weighted by molar-refractivity contribution is -0.0115. The van der Waals surface area contributed by atoms with E-state index in [0.29, 0.717) is 38.3 Å². The van der Waals surface area contributed by atoms with Crippen molar-refractivity contribution in [2.45, 2.75) is 57.8 Å². The summed E-state index contributed by atoms with van der Waals surface area (Å²) in [5.41, 5.74) is 0. The van der Waals surface area contributed by atoms with Gasteiger partial charge in [0.15, 0.2) is 0 Å². The zero-order chi connectivity index (χ0) is 14.8. The van der Waals surface area contributed by atoms with Crippen molar-refractivity contribution in [1.82, 2.24) is 5.32 Å². The molecule has 1 fully saturated rings. The van der Waals surface area contributed by atoms with Crippen LogP contribution in [-0.2, 0) is 9.47 Å². The Morgan fingerprint density at radius 2 is 1.95 bits per heavy atom. The average Bonchev–Trinajstić information content (AvgIpc) is 2.44. The van der Waals surface area contributed by atoms with Crippen LogP contribution in [0.5, 0.6) is 0 Å². The Bertz CT molecular complexity index is 238. The van der Waals surface area contributed by atoms with Crippen LogP contribution in [0.4, 0.5) is 0 Å². The Kier molecular flexibility index (Phi) is 9.39. The summed E-state index contributed by atoms with van der Waals surface area (Å²) in [5.74, 6) is 0.330. The number of aliphatic hydroxyl groups is 2. The zero-order valence-electron chi connectivity index (χ0n) is 12.9. The van der Waals surface area contributed by atoms with E-state index in [0.717, 1.165) is 12.8 Å². The molecule has 1 aliphatic carbocycles. The van der Waals surface area contributed by atoms with Crippen molar-refractivity contribution in [2.75, 3.05) is 33.0 Å². The van der Waals surface area contributed by atoms with Crippen LogP contribution in [0.1, 0.15) is 39.5 Å². The summed E-state index contributed by atoms with van der Waals surface area (Å²) < 4.78 is 10.7. The second-order valence-corrected chi connectivity index (χ2v) is 5.89. The number of aliphatic hydroxyl groups excluding tert-OH is 2. The highest BCUT2D eigenvalue weighted by Gasteiger charge is 2.24. The molecule has 120 valence electrons. The predicted molar refractivity (Wildman–Crippen MR) is 78.7 cm³/mol. The van der Waals surface area contributed by atoms with E-state index in [2.05, 4.69) is 5.32 Å². The first-order valence-electron chi connectivity index (χ1n) is 7.85. The molecular formula is C15H31NO4. The summed E-state index contributed by atoms with van der Waals surface area (Å²) in [4.78, 5) is 0. The van der Waals surface area contributed by atoms with Gasteiger partial charge in [0.2, 0.25) is 0 Å². The van der Waals surface area contributed by atoms with E-state index in [9.17, 15) is 10.2 Å². The van der Waals surface area contributed by atoms with Crippen molar-refractivity contribution in [3.8, 4) is 0 Å². The summed E-state index contributed by atoms with van der Waals surface area (Å²) in [6.45, 7) is 6.12. The van der Waals surface area contributed by atoms with Crippen LogP contribution in [0.15, 0.2) is 0 Å². The van der Waals surface area contributed by atoms with Gasteiger partial charge in [0.25, 0.3) is 0 Å². The molecule has 1 saturated carbocycles. The fourth-order valence-corrected chi connectivity index (χ4v) is 2.60. The van der Waals surface area contributed by atoms with E-state index < -0.39 is 6.10 Å². The Morgan fingerprint density at radius 1 is 1.20 bits per heavy atom. The first-order chi connectivity index (χ1) is 9.63. The maximum absolute atomic E-state index is 9.86. The standard InChI is InChI=1S/C15H31NO4/c1-12(2)20-8-7-19-11-14(18)9-16-15-6-4-3-5-13(15)10-17/h12-18H,3-11H2,1-2H3. The van der Waals surface area contributed by atoms with Crippen LogP contribution in [0.2, 0.25) is 0 Å². The van der Waals surface area contributed by atoms with E-state index in [1.54, 1.807) is 0 Å². The predicted octanol–water partition coefficient (Wildman–Crippen LogP) is 0.930. The van der Waals surface area contributed by atoms with Gasteiger partial charge in [-0.15, -0.1) is 0 Å². The fourth-order valence-electron chi connectivity index (χ4n) is 2.60. The summed E-state index contributed by atoms with van der Waals surface area (Å²) >= 11 is 0. The average molecular weight is 289 g/mol. The maximum Gasteiger partial charge on any atom is 0.0897 e. The molecule has 5 nitrogen and oxygen atoms in total. The molecule has 5 heteroatoms. The molecule has 3 N–H and O–H groups in total. The van der Waals surface area contributed by atoms with Crippen molar-refractivity contribution in [3.63, 3.8) is 0 Å². The third-order valence-corrected chi connectivity index (χ3v) is 3.75. The van der Waals surface area contributed by atoms with Gasteiger partial charge in [-0.1, -0.05) is 12.8 Å². The van der Waals surface area contributed by atoms with Gasteiger partial charge in [0, 0.05) is 19.2 Å². The van der Waals surface area contributed by atoms with Crippen molar-refractivity contribution >= 4 is 0 Å². The van der Waals surface area contributed by atoms with Gasteiger partial charge >= 0.3 is 0 Å². The van der Waals surface area contributed by atoms with Gasteiger partial charge in [-0.05, 0) is 32.6 Å². The van der Waals surface area contributed by atoms with E-state index in [1.807, 2.05) is 13.8 Å². The highest BCUT2D eigenvalue weighted by atomic mass is 16.5. The quantitative estimate of drug-likeness (QED) is 0.522. The van der Waals surface area contributed by atoms with Crippen LogP contribution in [-0.4, -0.2) is 61.4 Å². The largest absolute Gasteiger partial charge is 0.396 e. The van der Waals surface area contributed by atoms with Gasteiger partial charge in [0.05, 0.1) is 32.0 Å². The molecule has 0 aliphatic heterocycles. The Labute approximate surface area is 122 Å². The molecule has 0 heterocycles. The minimum Gasteiger partial charge on any atom is -0.396 e. The summed E-state index contributed by atoms with van der Waals surface area (Å²) in [5, 5.41) is 22.5. The first kappa shape index (κ1) is 17.9. The van der Waals surface area contributed by atoms with E-state index in [1.165, 1.54) is 12.8 Å². The van der Waals surface area contributed by atoms with Gasteiger partial charge in [-0.25, -0.2) is 0 Å². The van der Waals surface area contributed by atoms with E-state index in [-0.39, 0.29) is 12.7 Å². The zero-order valence-corrected chi connectivity index (χ0v) is 12.9. The van der Waals surface area contributed by atoms with E-state index >= 15 is 0 Å². The molecule has 0 saturated heterocycles. The molecule has 0 radical (unpaired) electrons. The lowest BCUT2D eigenvalue weighted by Crippen LogP contribution is -2.44. The lowest BCUT2D eigenvalue weighted by atomic mass is 9.85. The summed E-state index contributed by atoms with van der Waals surface area (Å²) in [6, 6.07) is 0.327. The lowest BCUT2D eigenvalue weighted by Gasteiger charge is -2.31. The minimum atomic E-state index is -0.504. The monoisotopic (exact) mass is 289 g/mol. The number of rotatable bonds is 10. The second-order valence-electron chi connectivity index (χ2n) is 5.89. The van der Waals surface area contributed by atoms with Crippen molar-refractivity contribution < 1.29 is 19.7 Å². The molecule has 1 rings (SSSR count). The number of hydrogen-bond donors (Lipinski definition) is 3. The molecule has 0 aromatic rings. The van der Waals surface area contributed by atoms with Crippen molar-refractivity contribution in [2.24, 2.45) is 5.92 Å². The molecule has 3 unspecified atom stereocenters. The number of nitrogens with one attached hydrogen (secondary N) is 1. The van der Waals surface area contributed by atoms with Crippen molar-refractivity contribution in [3.05, 3.63) is 0 Å². The molecule has 3 atom stereocenters. The van der Waals surface area contributed by atoms with Crippen LogP contribution in [0.25, 0.3) is 0 Å². The minimum absolute atomic E-state index is 0.215. The Hall–Kier alpha value is -0.200. The molecule has 0 bridgehead atoms. The molecule has 0 aromatic heterocycles. The van der Waals surface area contributed by atoms with Gasteiger partial charge in [0.1, 0.15) is 0 Å². The molecular weight excluding hydrogens is 258 g/mol. The second kappa shape index (κ2) is 10.5. The smallest absolute Gasteiger partial charge is 0.0897 e. The number of hydrogen-bond acceptors (Lipinski definition) is 5. The molecule has 20 heavy (non-hydrogen) atoms. The molecule has 1 aliphatic rings. The maximum atomic E-state index is 9.86. The topological polar surface area (TPSA) is 71.0 Å². The van der Waals surface area contributed by atoms with Gasteiger partial charge in [-0.3, -0.25) is 0 Å². The number of ether oxygens (including phenoxy) is 2. The molecule has 0 spiro atoms. The summed E-state index contributed by atoms with van der Waals surface area (Å²) in [7, 11) is 0. The van der Waals surface area contributed by atoms with Crippen LogP contribution >= 0.6 is 0 Å². The van der Waals surface area contributed by atoms with E-state index in [4.69, 9.17) is 9.47 Å². The highest BCUT2D eigenvalue weighted by Crippen LogP contribution is 2.23. The molecule has 0 amide bonds. The van der Waals surface area contributed by atoms with Crippen LogP contribution in [0.3, 0.4) is 0 Å². The first-order valence-corrected chi connectivity index (χ1v) is 7.85. The normalized spacial score (nSPS) is 25.1. The third-order valence-electron chi connectivity index (χ3n) is 3.75. The fraction of sp³-hybridized carbons (Fsp3) is 1.00.